The monoisotopic (exact) mass is 441 g/mol. The molecule has 1 atom stereocenters. The minimum absolute atomic E-state index is 0.131. The van der Waals surface area contributed by atoms with Crippen LogP contribution in [0.15, 0.2) is 91.3 Å². The molecule has 0 spiro atoms. The molecule has 0 fully saturated rings. The molecule has 7 rings (SSSR count). The number of carbonyl (C=O) groups excluding carboxylic acids is 1. The number of hydrogen-bond donors (Lipinski definition) is 3. The van der Waals surface area contributed by atoms with Crippen molar-refractivity contribution >= 4 is 28.0 Å². The van der Waals surface area contributed by atoms with Gasteiger partial charge in [0.1, 0.15) is 11.5 Å². The number of aromatic nitrogens is 4. The fraction of sp³-hybridized carbons (Fsp3) is 0.0357. The average molecular weight is 441 g/mol. The predicted molar refractivity (Wildman–Crippen MR) is 132 cm³/mol. The van der Waals surface area contributed by atoms with Crippen LogP contribution in [-0.4, -0.2) is 25.8 Å². The second-order valence-corrected chi connectivity index (χ2v) is 8.46. The van der Waals surface area contributed by atoms with Gasteiger partial charge in [-0.25, -0.2) is 9.97 Å². The van der Waals surface area contributed by atoms with Crippen molar-refractivity contribution in [3.05, 3.63) is 108 Å². The summed E-state index contributed by atoms with van der Waals surface area (Å²) >= 11 is 0. The van der Waals surface area contributed by atoms with Crippen molar-refractivity contribution in [3.63, 3.8) is 0 Å². The van der Waals surface area contributed by atoms with Gasteiger partial charge in [0.15, 0.2) is 0 Å². The Morgan fingerprint density at radius 2 is 1.68 bits per heavy atom. The first-order valence-corrected chi connectivity index (χ1v) is 11.2. The number of para-hydroxylation sites is 2. The van der Waals surface area contributed by atoms with E-state index in [1.165, 1.54) is 0 Å². The number of nitrogens with one attached hydrogen (secondary N) is 3. The first-order valence-electron chi connectivity index (χ1n) is 11.2. The van der Waals surface area contributed by atoms with E-state index >= 15 is 0 Å². The normalized spacial score (nSPS) is 14.3. The van der Waals surface area contributed by atoms with Crippen LogP contribution in [0.1, 0.15) is 27.5 Å². The Balaban J connectivity index is 1.36. The van der Waals surface area contributed by atoms with Gasteiger partial charge in [-0.2, -0.15) is 0 Å². The minimum atomic E-state index is -0.259. The fourth-order valence-electron chi connectivity index (χ4n) is 5.06. The first-order chi connectivity index (χ1) is 16.8. The molecule has 6 heteroatoms. The highest BCUT2D eigenvalue weighted by molar-refractivity contribution is 6.06. The van der Waals surface area contributed by atoms with Gasteiger partial charge in [0.05, 0.1) is 22.6 Å². The number of rotatable bonds is 3. The van der Waals surface area contributed by atoms with Crippen LogP contribution < -0.4 is 5.32 Å². The van der Waals surface area contributed by atoms with Crippen LogP contribution in [0.25, 0.3) is 44.6 Å². The number of nitrogens with zero attached hydrogens (tertiary/aromatic N) is 2. The van der Waals surface area contributed by atoms with E-state index in [1.54, 1.807) is 18.5 Å². The number of imidazole rings is 1. The predicted octanol–water partition coefficient (Wildman–Crippen LogP) is 5.61. The van der Waals surface area contributed by atoms with Crippen LogP contribution in [0.3, 0.4) is 0 Å². The summed E-state index contributed by atoms with van der Waals surface area (Å²) in [6, 6.07) is 25.9. The maximum Gasteiger partial charge on any atom is 0.252 e. The van der Waals surface area contributed by atoms with Crippen LogP contribution in [0, 0.1) is 0 Å². The van der Waals surface area contributed by atoms with Gasteiger partial charge in [-0.3, -0.25) is 4.79 Å². The molecular weight excluding hydrogens is 422 g/mol. The van der Waals surface area contributed by atoms with Gasteiger partial charge < -0.3 is 15.3 Å². The molecular formula is C28H19N5O. The Kier molecular flexibility index (Phi) is 3.96. The highest BCUT2D eigenvalue weighted by Gasteiger charge is 2.32. The molecule has 34 heavy (non-hydrogen) atoms. The summed E-state index contributed by atoms with van der Waals surface area (Å²) in [5.41, 5.74) is 8.61. The molecule has 0 aliphatic heterocycles. The number of hydrogen-bond acceptors (Lipinski definition) is 3. The summed E-state index contributed by atoms with van der Waals surface area (Å²) in [6.45, 7) is 0. The van der Waals surface area contributed by atoms with Crippen molar-refractivity contribution in [2.45, 2.75) is 6.04 Å². The number of benzene rings is 3. The number of amides is 1. The maximum atomic E-state index is 13.4. The summed E-state index contributed by atoms with van der Waals surface area (Å²) in [4.78, 5) is 29.1. The summed E-state index contributed by atoms with van der Waals surface area (Å²) in [5, 5.41) is 4.09. The van der Waals surface area contributed by atoms with E-state index in [0.717, 1.165) is 50.1 Å². The SMILES string of the molecule is O=C(NC1c2ccccc2-c2c(-c3nc4ccccc4[nH]3)cccc21)c1ccnc2[nH]ccc12. The molecule has 0 bridgehead atoms. The molecule has 1 aliphatic rings. The van der Waals surface area contributed by atoms with E-state index in [9.17, 15) is 4.79 Å². The van der Waals surface area contributed by atoms with Gasteiger partial charge in [0.25, 0.3) is 5.91 Å². The molecule has 0 radical (unpaired) electrons. The second kappa shape index (κ2) is 7.15. The van der Waals surface area contributed by atoms with E-state index in [-0.39, 0.29) is 11.9 Å². The lowest BCUT2D eigenvalue weighted by atomic mass is 9.98. The molecule has 0 saturated heterocycles. The van der Waals surface area contributed by atoms with Crippen LogP contribution in [0.2, 0.25) is 0 Å². The molecule has 3 aromatic carbocycles. The number of aromatic amines is 2. The Bertz CT molecular complexity index is 1690. The molecule has 6 nitrogen and oxygen atoms in total. The van der Waals surface area contributed by atoms with E-state index < -0.39 is 0 Å². The van der Waals surface area contributed by atoms with Crippen LogP contribution in [-0.2, 0) is 0 Å². The third-order valence-electron chi connectivity index (χ3n) is 6.57. The molecule has 1 amide bonds. The quantitative estimate of drug-likeness (QED) is 0.334. The zero-order valence-electron chi connectivity index (χ0n) is 18.0. The van der Waals surface area contributed by atoms with Gasteiger partial charge in [-0.15, -0.1) is 0 Å². The van der Waals surface area contributed by atoms with Crippen molar-refractivity contribution in [3.8, 4) is 22.5 Å². The number of H-pyrrole nitrogens is 2. The summed E-state index contributed by atoms with van der Waals surface area (Å²) in [5.74, 6) is 0.691. The zero-order valence-corrected chi connectivity index (χ0v) is 18.0. The first kappa shape index (κ1) is 18.8. The fourth-order valence-corrected chi connectivity index (χ4v) is 5.06. The smallest absolute Gasteiger partial charge is 0.252 e. The topological polar surface area (TPSA) is 86.5 Å². The third kappa shape index (κ3) is 2.72. The Morgan fingerprint density at radius 1 is 0.853 bits per heavy atom. The Morgan fingerprint density at radius 3 is 2.62 bits per heavy atom. The lowest BCUT2D eigenvalue weighted by Gasteiger charge is -2.16. The molecule has 162 valence electrons. The number of fused-ring (bicyclic) bond motifs is 5. The Labute approximate surface area is 194 Å². The second-order valence-electron chi connectivity index (χ2n) is 8.46. The Hall–Kier alpha value is -4.71. The van der Waals surface area contributed by atoms with E-state index in [1.807, 2.05) is 48.5 Å². The van der Waals surface area contributed by atoms with Crippen molar-refractivity contribution < 1.29 is 4.79 Å². The van der Waals surface area contributed by atoms with E-state index in [0.29, 0.717) is 11.2 Å². The van der Waals surface area contributed by atoms with Gasteiger partial charge in [-0.1, -0.05) is 54.6 Å². The van der Waals surface area contributed by atoms with E-state index in [2.05, 4.69) is 44.5 Å². The molecule has 6 aromatic rings. The summed E-state index contributed by atoms with van der Waals surface area (Å²) in [6.07, 6.45) is 3.46. The standard InChI is InChI=1S/C28H19N5O/c34-28(19-13-15-30-26-18(19)12-14-29-26)33-25-17-7-2-1-6-16(17)24-20(25)8-5-9-21(24)27-31-22-10-3-4-11-23(22)32-27/h1-15,25H,(H,29,30)(H,31,32)(H,33,34). The summed E-state index contributed by atoms with van der Waals surface area (Å²) in [7, 11) is 0. The third-order valence-corrected chi connectivity index (χ3v) is 6.57. The van der Waals surface area contributed by atoms with Crippen LogP contribution in [0.4, 0.5) is 0 Å². The minimum Gasteiger partial charge on any atom is -0.346 e. The van der Waals surface area contributed by atoms with Crippen molar-refractivity contribution in [1.82, 2.24) is 25.3 Å². The van der Waals surface area contributed by atoms with Gasteiger partial charge in [0.2, 0.25) is 0 Å². The number of carbonyl (C=O) groups is 1. The maximum absolute atomic E-state index is 13.4. The van der Waals surface area contributed by atoms with Gasteiger partial charge >= 0.3 is 0 Å². The van der Waals surface area contributed by atoms with Gasteiger partial charge in [-0.05, 0) is 46.5 Å². The van der Waals surface area contributed by atoms with Crippen LogP contribution >= 0.6 is 0 Å². The summed E-state index contributed by atoms with van der Waals surface area (Å²) < 4.78 is 0. The lowest BCUT2D eigenvalue weighted by Crippen LogP contribution is -2.28. The van der Waals surface area contributed by atoms with Crippen molar-refractivity contribution in [1.29, 1.82) is 0 Å². The molecule has 1 aliphatic carbocycles. The largest absolute Gasteiger partial charge is 0.346 e. The highest BCUT2D eigenvalue weighted by atomic mass is 16.1. The zero-order chi connectivity index (χ0) is 22.6. The molecule has 3 heterocycles. The molecule has 0 saturated carbocycles. The van der Waals surface area contributed by atoms with Gasteiger partial charge in [0, 0.05) is 23.3 Å². The lowest BCUT2D eigenvalue weighted by molar-refractivity contribution is 0.0945. The average Bonchev–Trinajstić information content (AvgIpc) is 3.60. The molecule has 1 unspecified atom stereocenters. The van der Waals surface area contributed by atoms with Crippen molar-refractivity contribution in [2.24, 2.45) is 0 Å². The van der Waals surface area contributed by atoms with Crippen LogP contribution in [0.5, 0.6) is 0 Å². The molecule has 3 N–H and O–H groups in total. The molecule has 3 aromatic heterocycles. The highest BCUT2D eigenvalue weighted by Crippen LogP contribution is 2.47. The number of pyridine rings is 1. The van der Waals surface area contributed by atoms with Crippen molar-refractivity contribution in [2.75, 3.05) is 0 Å². The van der Waals surface area contributed by atoms with E-state index in [4.69, 9.17) is 4.98 Å².